The lowest BCUT2D eigenvalue weighted by molar-refractivity contribution is -0.131. The number of carbonyl (C=O) groups is 2. The zero-order chi connectivity index (χ0) is 14.5. The van der Waals surface area contributed by atoms with E-state index in [4.69, 9.17) is 5.11 Å². The maximum Gasteiger partial charge on any atom is 0.335 e. The summed E-state index contributed by atoms with van der Waals surface area (Å²) in [6.45, 7) is 4.30. The number of nitrogens with zero attached hydrogens (tertiary/aromatic N) is 1. The van der Waals surface area contributed by atoms with Crippen LogP contribution in [0.4, 0.5) is 0 Å². The molecule has 4 heteroatoms. The van der Waals surface area contributed by atoms with Gasteiger partial charge in [0, 0.05) is 19.0 Å². The van der Waals surface area contributed by atoms with Crippen LogP contribution < -0.4 is 0 Å². The molecule has 0 aliphatic heterocycles. The summed E-state index contributed by atoms with van der Waals surface area (Å²) in [7, 11) is 0. The van der Waals surface area contributed by atoms with Gasteiger partial charge in [0.2, 0.25) is 5.91 Å². The molecule has 1 saturated carbocycles. The normalized spacial score (nSPS) is 13.8. The first-order chi connectivity index (χ1) is 9.61. The van der Waals surface area contributed by atoms with E-state index in [9.17, 15) is 9.59 Å². The summed E-state index contributed by atoms with van der Waals surface area (Å²) < 4.78 is 0. The predicted molar refractivity (Wildman–Crippen MR) is 76.7 cm³/mol. The number of carboxylic acid groups (broad SMARTS) is 1. The third-order valence-corrected chi connectivity index (χ3v) is 3.46. The van der Waals surface area contributed by atoms with E-state index in [1.54, 1.807) is 30.3 Å². The summed E-state index contributed by atoms with van der Waals surface area (Å²) in [5.41, 5.74) is 1.25. The SMILES string of the molecule is C=CCN(C(=O)CCc1ccc(C(=O)O)cc1)C1CC1. The van der Waals surface area contributed by atoms with E-state index in [0.29, 0.717) is 25.4 Å². The molecule has 1 aromatic rings. The Kier molecular flexibility index (Phi) is 4.56. The number of amides is 1. The fourth-order valence-electron chi connectivity index (χ4n) is 2.19. The molecule has 1 aromatic carbocycles. The molecular formula is C16H19NO3. The molecule has 1 N–H and O–H groups in total. The summed E-state index contributed by atoms with van der Waals surface area (Å²) in [6, 6.07) is 7.09. The molecule has 0 bridgehead atoms. The monoisotopic (exact) mass is 273 g/mol. The molecule has 0 heterocycles. The molecular weight excluding hydrogens is 254 g/mol. The molecule has 0 unspecified atom stereocenters. The van der Waals surface area contributed by atoms with Gasteiger partial charge in [-0.25, -0.2) is 4.79 Å². The van der Waals surface area contributed by atoms with Crippen LogP contribution >= 0.6 is 0 Å². The minimum Gasteiger partial charge on any atom is -0.478 e. The Balaban J connectivity index is 1.88. The van der Waals surface area contributed by atoms with Gasteiger partial charge in [0.1, 0.15) is 0 Å². The van der Waals surface area contributed by atoms with Crippen molar-refractivity contribution in [1.82, 2.24) is 4.90 Å². The lowest BCUT2D eigenvalue weighted by Crippen LogP contribution is -2.33. The first-order valence-electron chi connectivity index (χ1n) is 6.84. The van der Waals surface area contributed by atoms with Crippen molar-refractivity contribution in [2.45, 2.75) is 31.7 Å². The van der Waals surface area contributed by atoms with Gasteiger partial charge in [-0.05, 0) is 37.0 Å². The number of rotatable bonds is 7. The van der Waals surface area contributed by atoms with E-state index < -0.39 is 5.97 Å². The highest BCUT2D eigenvalue weighted by Crippen LogP contribution is 2.27. The van der Waals surface area contributed by atoms with Gasteiger partial charge >= 0.3 is 5.97 Å². The number of aromatic carboxylic acids is 1. The predicted octanol–water partition coefficient (Wildman–Crippen LogP) is 2.49. The van der Waals surface area contributed by atoms with Crippen LogP contribution in [-0.2, 0) is 11.2 Å². The van der Waals surface area contributed by atoms with E-state index in [2.05, 4.69) is 6.58 Å². The van der Waals surface area contributed by atoms with Gasteiger partial charge in [0.25, 0.3) is 0 Å². The van der Waals surface area contributed by atoms with Crippen LogP contribution in [-0.4, -0.2) is 34.5 Å². The summed E-state index contributed by atoms with van der Waals surface area (Å²) in [5, 5.41) is 8.82. The van der Waals surface area contributed by atoms with Crippen molar-refractivity contribution in [3.8, 4) is 0 Å². The number of benzene rings is 1. The maximum atomic E-state index is 12.1. The van der Waals surface area contributed by atoms with E-state index >= 15 is 0 Å². The Labute approximate surface area is 118 Å². The van der Waals surface area contributed by atoms with Crippen molar-refractivity contribution in [2.24, 2.45) is 0 Å². The van der Waals surface area contributed by atoms with Gasteiger partial charge in [0.15, 0.2) is 0 Å². The summed E-state index contributed by atoms with van der Waals surface area (Å²) in [5.74, 6) is -0.784. The Morgan fingerprint density at radius 3 is 2.45 bits per heavy atom. The topological polar surface area (TPSA) is 57.6 Å². The maximum absolute atomic E-state index is 12.1. The Hall–Kier alpha value is -2.10. The van der Waals surface area contributed by atoms with Crippen LogP contribution in [0.15, 0.2) is 36.9 Å². The van der Waals surface area contributed by atoms with Gasteiger partial charge in [0.05, 0.1) is 5.56 Å². The number of carboxylic acids is 1. The average Bonchev–Trinajstić information content (AvgIpc) is 3.27. The molecule has 20 heavy (non-hydrogen) atoms. The van der Waals surface area contributed by atoms with E-state index in [0.717, 1.165) is 18.4 Å². The molecule has 1 fully saturated rings. The number of hydrogen-bond donors (Lipinski definition) is 1. The third-order valence-electron chi connectivity index (χ3n) is 3.46. The van der Waals surface area contributed by atoms with Gasteiger partial charge in [-0.1, -0.05) is 18.2 Å². The van der Waals surface area contributed by atoms with E-state index in [1.807, 2.05) is 4.90 Å². The minimum absolute atomic E-state index is 0.148. The van der Waals surface area contributed by atoms with Gasteiger partial charge < -0.3 is 10.0 Å². The smallest absolute Gasteiger partial charge is 0.335 e. The number of hydrogen-bond acceptors (Lipinski definition) is 2. The second-order valence-electron chi connectivity index (χ2n) is 5.07. The summed E-state index contributed by atoms with van der Waals surface area (Å²) >= 11 is 0. The zero-order valence-electron chi connectivity index (χ0n) is 11.4. The molecule has 4 nitrogen and oxygen atoms in total. The van der Waals surface area contributed by atoms with Crippen molar-refractivity contribution < 1.29 is 14.7 Å². The van der Waals surface area contributed by atoms with Crippen LogP contribution in [0, 0.1) is 0 Å². The van der Waals surface area contributed by atoms with Crippen molar-refractivity contribution in [3.63, 3.8) is 0 Å². The second kappa shape index (κ2) is 6.37. The van der Waals surface area contributed by atoms with Crippen molar-refractivity contribution in [2.75, 3.05) is 6.54 Å². The molecule has 0 saturated heterocycles. The third kappa shape index (κ3) is 3.70. The van der Waals surface area contributed by atoms with E-state index in [-0.39, 0.29) is 11.5 Å². The number of aryl methyl sites for hydroxylation is 1. The Morgan fingerprint density at radius 2 is 1.95 bits per heavy atom. The molecule has 106 valence electrons. The fourth-order valence-corrected chi connectivity index (χ4v) is 2.19. The molecule has 0 aromatic heterocycles. The van der Waals surface area contributed by atoms with Gasteiger partial charge in [-0.2, -0.15) is 0 Å². The molecule has 1 amide bonds. The average molecular weight is 273 g/mol. The lowest BCUT2D eigenvalue weighted by Gasteiger charge is -2.20. The highest BCUT2D eigenvalue weighted by atomic mass is 16.4. The van der Waals surface area contributed by atoms with Crippen molar-refractivity contribution >= 4 is 11.9 Å². The van der Waals surface area contributed by atoms with Crippen molar-refractivity contribution in [1.29, 1.82) is 0 Å². The highest BCUT2D eigenvalue weighted by Gasteiger charge is 2.31. The van der Waals surface area contributed by atoms with Crippen LogP contribution in [0.5, 0.6) is 0 Å². The zero-order valence-corrected chi connectivity index (χ0v) is 11.4. The fraction of sp³-hybridized carbons (Fsp3) is 0.375. The highest BCUT2D eigenvalue weighted by molar-refractivity contribution is 5.87. The molecule has 0 radical (unpaired) electrons. The van der Waals surface area contributed by atoms with Crippen LogP contribution in [0.1, 0.15) is 35.2 Å². The first kappa shape index (κ1) is 14.3. The summed E-state index contributed by atoms with van der Waals surface area (Å²) in [6.07, 6.45) is 5.04. The minimum atomic E-state index is -0.932. The second-order valence-corrected chi connectivity index (χ2v) is 5.07. The molecule has 1 aliphatic rings. The van der Waals surface area contributed by atoms with E-state index in [1.165, 1.54) is 0 Å². The Bertz CT molecular complexity index is 503. The largest absolute Gasteiger partial charge is 0.478 e. The molecule has 2 rings (SSSR count). The lowest BCUT2D eigenvalue weighted by atomic mass is 10.1. The quantitative estimate of drug-likeness (QED) is 0.776. The number of carbonyl (C=O) groups excluding carboxylic acids is 1. The van der Waals surface area contributed by atoms with Crippen LogP contribution in [0.2, 0.25) is 0 Å². The first-order valence-corrected chi connectivity index (χ1v) is 6.84. The van der Waals surface area contributed by atoms with Crippen LogP contribution in [0.3, 0.4) is 0 Å². The van der Waals surface area contributed by atoms with Gasteiger partial charge in [-0.15, -0.1) is 6.58 Å². The molecule has 0 spiro atoms. The molecule has 0 atom stereocenters. The summed E-state index contributed by atoms with van der Waals surface area (Å²) in [4.78, 5) is 24.8. The van der Waals surface area contributed by atoms with Crippen LogP contribution in [0.25, 0.3) is 0 Å². The standard InChI is InChI=1S/C16H19NO3/c1-2-11-17(14-8-9-14)15(18)10-5-12-3-6-13(7-4-12)16(19)20/h2-4,6-7,14H,1,5,8-11H2,(H,19,20). The van der Waals surface area contributed by atoms with Crippen molar-refractivity contribution in [3.05, 3.63) is 48.0 Å². The van der Waals surface area contributed by atoms with Gasteiger partial charge in [-0.3, -0.25) is 4.79 Å². The Morgan fingerprint density at radius 1 is 1.30 bits per heavy atom. The molecule has 1 aliphatic carbocycles.